The van der Waals surface area contributed by atoms with Crippen LogP contribution < -0.4 is 10.3 Å². The molecule has 2 aliphatic rings. The van der Waals surface area contributed by atoms with Gasteiger partial charge in [0.25, 0.3) is 11.5 Å². The summed E-state index contributed by atoms with van der Waals surface area (Å²) in [5.41, 5.74) is 2.76. The Balaban J connectivity index is 1.35. The molecule has 2 aromatic rings. The van der Waals surface area contributed by atoms with Crippen molar-refractivity contribution in [2.24, 2.45) is 0 Å². The van der Waals surface area contributed by atoms with Crippen LogP contribution >= 0.6 is 0 Å². The van der Waals surface area contributed by atoms with Crippen LogP contribution in [0, 0.1) is 0 Å². The second kappa shape index (κ2) is 8.14. The van der Waals surface area contributed by atoms with E-state index in [0.29, 0.717) is 25.3 Å². The van der Waals surface area contributed by atoms with Gasteiger partial charge >= 0.3 is 0 Å². The lowest BCUT2D eigenvalue weighted by atomic mass is 10.1. The van der Waals surface area contributed by atoms with Gasteiger partial charge < -0.3 is 9.64 Å². The number of amides is 1. The number of ether oxygens (including phenoxy) is 1. The Hall–Kier alpha value is -2.67. The summed E-state index contributed by atoms with van der Waals surface area (Å²) >= 11 is 0. The van der Waals surface area contributed by atoms with E-state index >= 15 is 0 Å². The van der Waals surface area contributed by atoms with Gasteiger partial charge in [0, 0.05) is 51.8 Å². The number of hydrogen-bond donors (Lipinski definition) is 0. The average Bonchev–Trinajstić information content (AvgIpc) is 3.18. The first-order valence-electron chi connectivity index (χ1n) is 9.98. The molecule has 0 atom stereocenters. The lowest BCUT2D eigenvalue weighted by Gasteiger charge is -2.34. The minimum absolute atomic E-state index is 0.0980. The first-order valence-corrected chi connectivity index (χ1v) is 9.98. The fourth-order valence-corrected chi connectivity index (χ4v) is 3.80. The molecule has 0 radical (unpaired) electrons. The Morgan fingerprint density at radius 1 is 1.14 bits per heavy atom. The molecule has 0 saturated carbocycles. The van der Waals surface area contributed by atoms with E-state index in [0.717, 1.165) is 44.8 Å². The zero-order valence-electron chi connectivity index (χ0n) is 16.3. The molecular weight excluding hydrogens is 356 g/mol. The Morgan fingerprint density at radius 2 is 1.96 bits per heavy atom. The Bertz CT molecular complexity index is 916. The smallest absolute Gasteiger partial charge is 0.274 e. The van der Waals surface area contributed by atoms with Crippen LogP contribution in [-0.2, 0) is 19.5 Å². The van der Waals surface area contributed by atoms with Crippen molar-refractivity contribution in [3.8, 4) is 5.75 Å². The van der Waals surface area contributed by atoms with Gasteiger partial charge in [-0.1, -0.05) is 19.1 Å². The number of aromatic nitrogens is 2. The molecule has 1 aromatic carbocycles. The maximum Gasteiger partial charge on any atom is 0.274 e. The highest BCUT2D eigenvalue weighted by Gasteiger charge is 2.24. The van der Waals surface area contributed by atoms with Gasteiger partial charge in [0.05, 0.1) is 6.61 Å². The van der Waals surface area contributed by atoms with E-state index in [2.05, 4.69) is 28.2 Å². The van der Waals surface area contributed by atoms with Crippen LogP contribution in [-0.4, -0.2) is 58.3 Å². The van der Waals surface area contributed by atoms with Crippen LogP contribution in [0.1, 0.15) is 35.0 Å². The minimum Gasteiger partial charge on any atom is -0.493 e. The third kappa shape index (κ3) is 3.94. The lowest BCUT2D eigenvalue weighted by Crippen LogP contribution is -2.48. The highest BCUT2D eigenvalue weighted by molar-refractivity contribution is 5.92. The fourth-order valence-electron chi connectivity index (χ4n) is 3.80. The molecule has 2 aliphatic heterocycles. The number of carbonyl (C=O) groups excluding carboxylic acids is 1. The summed E-state index contributed by atoms with van der Waals surface area (Å²) in [5, 5.41) is 4.24. The monoisotopic (exact) mass is 382 g/mol. The number of rotatable bonds is 5. The summed E-state index contributed by atoms with van der Waals surface area (Å²) in [6, 6.07) is 9.40. The van der Waals surface area contributed by atoms with Gasteiger partial charge in [0.15, 0.2) is 0 Å². The third-order valence-corrected chi connectivity index (χ3v) is 5.34. The SMILES string of the molecule is CCCn1nc(C(=O)N2CCN(Cc3ccc4c(c3)CCO4)CC2)ccc1=O. The maximum atomic E-state index is 12.8. The molecule has 1 saturated heterocycles. The van der Waals surface area contributed by atoms with Crippen LogP contribution in [0.5, 0.6) is 5.75 Å². The first kappa shape index (κ1) is 18.7. The van der Waals surface area contributed by atoms with Crippen molar-refractivity contribution >= 4 is 5.91 Å². The van der Waals surface area contributed by atoms with Crippen LogP contribution in [0.4, 0.5) is 0 Å². The number of fused-ring (bicyclic) bond motifs is 1. The number of benzene rings is 1. The summed E-state index contributed by atoms with van der Waals surface area (Å²) < 4.78 is 6.95. The molecule has 0 N–H and O–H groups in total. The maximum absolute atomic E-state index is 12.8. The van der Waals surface area contributed by atoms with E-state index < -0.39 is 0 Å². The molecule has 28 heavy (non-hydrogen) atoms. The Morgan fingerprint density at radius 3 is 2.75 bits per heavy atom. The van der Waals surface area contributed by atoms with Gasteiger partial charge in [-0.3, -0.25) is 14.5 Å². The summed E-state index contributed by atoms with van der Waals surface area (Å²) in [7, 11) is 0. The predicted octanol–water partition coefficient (Wildman–Crippen LogP) is 1.55. The Labute approximate surface area is 164 Å². The molecular formula is C21H26N4O3. The van der Waals surface area contributed by atoms with Crippen LogP contribution in [0.15, 0.2) is 35.1 Å². The predicted molar refractivity (Wildman–Crippen MR) is 106 cm³/mol. The van der Waals surface area contributed by atoms with E-state index in [4.69, 9.17) is 4.74 Å². The number of carbonyl (C=O) groups is 1. The highest BCUT2D eigenvalue weighted by Crippen LogP contribution is 2.26. The minimum atomic E-state index is -0.164. The summed E-state index contributed by atoms with van der Waals surface area (Å²) in [6.45, 7) is 7.16. The first-order chi connectivity index (χ1) is 13.6. The van der Waals surface area contributed by atoms with Crippen molar-refractivity contribution in [2.45, 2.75) is 32.9 Å². The van der Waals surface area contributed by atoms with Crippen LogP contribution in [0.25, 0.3) is 0 Å². The van der Waals surface area contributed by atoms with Crippen molar-refractivity contribution in [2.75, 3.05) is 32.8 Å². The lowest BCUT2D eigenvalue weighted by molar-refractivity contribution is 0.0620. The number of aryl methyl sites for hydroxylation is 1. The largest absolute Gasteiger partial charge is 0.493 e. The van der Waals surface area contributed by atoms with Gasteiger partial charge in [0.2, 0.25) is 0 Å². The molecule has 7 nitrogen and oxygen atoms in total. The Kier molecular flexibility index (Phi) is 5.43. The quantitative estimate of drug-likeness (QED) is 0.785. The van der Waals surface area contributed by atoms with E-state index in [1.165, 1.54) is 27.9 Å². The molecule has 3 heterocycles. The second-order valence-corrected chi connectivity index (χ2v) is 7.39. The molecule has 7 heteroatoms. The molecule has 1 fully saturated rings. The molecule has 0 bridgehead atoms. The van der Waals surface area contributed by atoms with E-state index in [1.54, 1.807) is 0 Å². The molecule has 0 aliphatic carbocycles. The second-order valence-electron chi connectivity index (χ2n) is 7.39. The van der Waals surface area contributed by atoms with E-state index in [1.807, 2.05) is 11.8 Å². The van der Waals surface area contributed by atoms with Gasteiger partial charge in [0.1, 0.15) is 11.4 Å². The zero-order chi connectivity index (χ0) is 19.5. The summed E-state index contributed by atoms with van der Waals surface area (Å²) in [5.74, 6) is 0.912. The van der Waals surface area contributed by atoms with Crippen molar-refractivity contribution < 1.29 is 9.53 Å². The van der Waals surface area contributed by atoms with Crippen molar-refractivity contribution in [1.82, 2.24) is 19.6 Å². The summed E-state index contributed by atoms with van der Waals surface area (Å²) in [4.78, 5) is 28.8. The van der Waals surface area contributed by atoms with E-state index in [9.17, 15) is 9.59 Å². The summed E-state index contributed by atoms with van der Waals surface area (Å²) in [6.07, 6.45) is 1.79. The standard InChI is InChI=1S/C21H26N4O3/c1-2-8-25-20(26)6-4-18(22-25)21(27)24-11-9-23(10-12-24)15-16-3-5-19-17(14-16)7-13-28-19/h3-6,14H,2,7-13,15H2,1H3. The van der Waals surface area contributed by atoms with Crippen molar-refractivity contribution in [1.29, 1.82) is 0 Å². The topological polar surface area (TPSA) is 67.7 Å². The zero-order valence-corrected chi connectivity index (χ0v) is 16.3. The van der Waals surface area contributed by atoms with Gasteiger partial charge in [-0.15, -0.1) is 0 Å². The number of hydrogen-bond acceptors (Lipinski definition) is 5. The molecule has 0 spiro atoms. The van der Waals surface area contributed by atoms with Crippen molar-refractivity contribution in [3.05, 3.63) is 57.5 Å². The average molecular weight is 382 g/mol. The van der Waals surface area contributed by atoms with Gasteiger partial charge in [-0.2, -0.15) is 5.10 Å². The molecule has 4 rings (SSSR count). The van der Waals surface area contributed by atoms with Crippen LogP contribution in [0.2, 0.25) is 0 Å². The number of piperazine rings is 1. The van der Waals surface area contributed by atoms with Crippen LogP contribution in [0.3, 0.4) is 0 Å². The fraction of sp³-hybridized carbons (Fsp3) is 0.476. The van der Waals surface area contributed by atoms with Crippen molar-refractivity contribution in [3.63, 3.8) is 0 Å². The van der Waals surface area contributed by atoms with Gasteiger partial charge in [-0.25, -0.2) is 4.68 Å². The number of nitrogens with zero attached hydrogens (tertiary/aromatic N) is 4. The van der Waals surface area contributed by atoms with Gasteiger partial charge in [-0.05, 0) is 29.7 Å². The normalized spacial score (nSPS) is 16.7. The molecule has 0 unspecified atom stereocenters. The molecule has 148 valence electrons. The highest BCUT2D eigenvalue weighted by atomic mass is 16.5. The molecule has 1 amide bonds. The van der Waals surface area contributed by atoms with E-state index in [-0.39, 0.29) is 11.5 Å². The third-order valence-electron chi connectivity index (χ3n) is 5.34. The molecule has 1 aromatic heterocycles.